The summed E-state index contributed by atoms with van der Waals surface area (Å²) < 4.78 is 5.72. The minimum Gasteiger partial charge on any atom is -0.480 e. The highest BCUT2D eigenvalue weighted by molar-refractivity contribution is 5.98. The van der Waals surface area contributed by atoms with E-state index in [2.05, 4.69) is 16.0 Å². The van der Waals surface area contributed by atoms with Gasteiger partial charge < -0.3 is 20.7 Å². The maximum absolute atomic E-state index is 12.5. The van der Waals surface area contributed by atoms with Crippen molar-refractivity contribution in [2.24, 2.45) is 0 Å². The summed E-state index contributed by atoms with van der Waals surface area (Å²) in [6.07, 6.45) is 2.05. The molecule has 2 atom stereocenters. The molecule has 2 amide bonds. The second-order valence-corrected chi connectivity index (χ2v) is 7.01. The zero-order valence-corrected chi connectivity index (χ0v) is 15.0. The van der Waals surface area contributed by atoms with Crippen LogP contribution in [0, 0.1) is 0 Å². The Morgan fingerprint density at radius 3 is 2.81 bits per heavy atom. The number of hydrogen-bond donors (Lipinski definition) is 3. The van der Waals surface area contributed by atoms with Crippen molar-refractivity contribution in [3.8, 4) is 5.75 Å². The summed E-state index contributed by atoms with van der Waals surface area (Å²) in [6, 6.07) is 14.8. The summed E-state index contributed by atoms with van der Waals surface area (Å²) in [5.41, 5.74) is 2.16. The summed E-state index contributed by atoms with van der Waals surface area (Å²) in [5.74, 6) is 0.427. The Kier molecular flexibility index (Phi) is 5.07. The molecule has 3 N–H and O–H groups in total. The molecule has 2 aliphatic rings. The molecule has 1 saturated heterocycles. The molecule has 6 nitrogen and oxygen atoms in total. The molecule has 0 saturated carbocycles. The summed E-state index contributed by atoms with van der Waals surface area (Å²) >= 11 is 0. The third kappa shape index (κ3) is 4.11. The highest BCUT2D eigenvalue weighted by Gasteiger charge is 2.28. The highest BCUT2D eigenvalue weighted by atomic mass is 16.5. The minimum absolute atomic E-state index is 0.121. The normalized spacial score (nSPS) is 21.0. The van der Waals surface area contributed by atoms with Gasteiger partial charge in [0.25, 0.3) is 11.8 Å². The fourth-order valence-electron chi connectivity index (χ4n) is 3.53. The highest BCUT2D eigenvalue weighted by Crippen LogP contribution is 2.28. The lowest BCUT2D eigenvalue weighted by molar-refractivity contribution is -0.122. The molecule has 2 aromatic carbocycles. The number of para-hydroxylation sites is 1. The lowest BCUT2D eigenvalue weighted by atomic mass is 10.1. The van der Waals surface area contributed by atoms with Crippen molar-refractivity contribution in [3.63, 3.8) is 0 Å². The first-order valence-electron chi connectivity index (χ1n) is 9.36. The number of rotatable bonds is 4. The molecule has 27 heavy (non-hydrogen) atoms. The topological polar surface area (TPSA) is 79.5 Å². The van der Waals surface area contributed by atoms with Crippen molar-refractivity contribution in [1.82, 2.24) is 10.6 Å². The first-order valence-corrected chi connectivity index (χ1v) is 9.36. The Hall–Kier alpha value is -2.86. The van der Waals surface area contributed by atoms with Crippen LogP contribution in [0.25, 0.3) is 0 Å². The van der Waals surface area contributed by atoms with Crippen LogP contribution in [0.4, 0.5) is 5.69 Å². The number of nitrogens with one attached hydrogen (secondary N) is 3. The Bertz CT molecular complexity index is 821. The summed E-state index contributed by atoms with van der Waals surface area (Å²) in [4.78, 5) is 25.0. The summed E-state index contributed by atoms with van der Waals surface area (Å²) in [7, 11) is 0. The maximum Gasteiger partial charge on any atom is 0.265 e. The molecule has 2 aromatic rings. The molecule has 0 spiro atoms. The van der Waals surface area contributed by atoms with Crippen molar-refractivity contribution in [1.29, 1.82) is 0 Å². The summed E-state index contributed by atoms with van der Waals surface area (Å²) in [5, 5.41) is 9.19. The van der Waals surface area contributed by atoms with E-state index in [0.717, 1.165) is 37.2 Å². The molecule has 0 aliphatic carbocycles. The van der Waals surface area contributed by atoms with Crippen LogP contribution in [0.2, 0.25) is 0 Å². The van der Waals surface area contributed by atoms with Crippen molar-refractivity contribution in [2.45, 2.75) is 31.4 Å². The number of ether oxygens (including phenoxy) is 1. The molecule has 140 valence electrons. The molecule has 4 rings (SSSR count). The third-order valence-corrected chi connectivity index (χ3v) is 4.96. The molecular weight excluding hydrogens is 342 g/mol. The average Bonchev–Trinajstić information content (AvgIpc) is 3.13. The van der Waals surface area contributed by atoms with E-state index in [4.69, 9.17) is 4.74 Å². The van der Waals surface area contributed by atoms with Gasteiger partial charge in [0, 0.05) is 30.3 Å². The molecule has 0 bridgehead atoms. The van der Waals surface area contributed by atoms with E-state index in [1.54, 1.807) is 24.3 Å². The van der Waals surface area contributed by atoms with E-state index < -0.39 is 6.10 Å². The smallest absolute Gasteiger partial charge is 0.265 e. The van der Waals surface area contributed by atoms with Gasteiger partial charge in [0.15, 0.2) is 6.10 Å². The molecule has 0 radical (unpaired) electrons. The van der Waals surface area contributed by atoms with Gasteiger partial charge in [-0.25, -0.2) is 0 Å². The average molecular weight is 365 g/mol. The van der Waals surface area contributed by atoms with E-state index >= 15 is 0 Å². The SMILES string of the molecule is O=C(N[C@H]1CCCNC1)c1cccc(NC(=O)C2Cc3ccccc3O2)c1. The van der Waals surface area contributed by atoms with Crippen LogP contribution in [0.1, 0.15) is 28.8 Å². The number of hydrogen-bond acceptors (Lipinski definition) is 4. The van der Waals surface area contributed by atoms with Crippen molar-refractivity contribution in [3.05, 3.63) is 59.7 Å². The number of fused-ring (bicyclic) bond motifs is 1. The first-order chi connectivity index (χ1) is 13.2. The largest absolute Gasteiger partial charge is 0.480 e. The van der Waals surface area contributed by atoms with Gasteiger partial charge >= 0.3 is 0 Å². The van der Waals surface area contributed by atoms with E-state index in [0.29, 0.717) is 17.7 Å². The summed E-state index contributed by atoms with van der Waals surface area (Å²) in [6.45, 7) is 1.79. The van der Waals surface area contributed by atoms with Crippen LogP contribution >= 0.6 is 0 Å². The fourth-order valence-corrected chi connectivity index (χ4v) is 3.53. The Balaban J connectivity index is 1.38. The Morgan fingerprint density at radius 2 is 2.00 bits per heavy atom. The maximum atomic E-state index is 12.5. The van der Waals surface area contributed by atoms with Crippen molar-refractivity contribution >= 4 is 17.5 Å². The monoisotopic (exact) mass is 365 g/mol. The van der Waals surface area contributed by atoms with Crippen LogP contribution in [0.3, 0.4) is 0 Å². The predicted octanol–water partition coefficient (Wildman–Crippen LogP) is 2.11. The number of carbonyl (C=O) groups is 2. The Morgan fingerprint density at radius 1 is 1.11 bits per heavy atom. The zero-order chi connectivity index (χ0) is 18.6. The minimum atomic E-state index is -0.548. The van der Waals surface area contributed by atoms with Gasteiger partial charge in [-0.1, -0.05) is 24.3 Å². The number of amides is 2. The molecular formula is C21H23N3O3. The fraction of sp³-hybridized carbons (Fsp3) is 0.333. The predicted molar refractivity (Wildman–Crippen MR) is 103 cm³/mol. The van der Waals surface area contributed by atoms with Crippen LogP contribution in [0.5, 0.6) is 5.75 Å². The van der Waals surface area contributed by atoms with Gasteiger partial charge in [-0.15, -0.1) is 0 Å². The van der Waals surface area contributed by atoms with E-state index in [-0.39, 0.29) is 17.9 Å². The number of anilines is 1. The van der Waals surface area contributed by atoms with Crippen LogP contribution in [-0.2, 0) is 11.2 Å². The second kappa shape index (κ2) is 7.80. The van der Waals surface area contributed by atoms with Gasteiger partial charge in [-0.3, -0.25) is 9.59 Å². The first kappa shape index (κ1) is 17.5. The number of carbonyl (C=O) groups excluding carboxylic acids is 2. The quantitative estimate of drug-likeness (QED) is 0.775. The van der Waals surface area contributed by atoms with Crippen molar-refractivity contribution in [2.75, 3.05) is 18.4 Å². The van der Waals surface area contributed by atoms with Crippen LogP contribution in [0.15, 0.2) is 48.5 Å². The molecule has 1 unspecified atom stereocenters. The van der Waals surface area contributed by atoms with Gasteiger partial charge in [0.2, 0.25) is 0 Å². The van der Waals surface area contributed by atoms with Gasteiger partial charge in [-0.2, -0.15) is 0 Å². The third-order valence-electron chi connectivity index (χ3n) is 4.96. The molecule has 2 aliphatic heterocycles. The van der Waals surface area contributed by atoms with Gasteiger partial charge in [-0.05, 0) is 49.2 Å². The van der Waals surface area contributed by atoms with Crippen LogP contribution < -0.4 is 20.7 Å². The molecule has 0 aromatic heterocycles. The lowest BCUT2D eigenvalue weighted by Gasteiger charge is -2.23. The molecule has 6 heteroatoms. The number of benzene rings is 2. The molecule has 1 fully saturated rings. The van der Waals surface area contributed by atoms with Gasteiger partial charge in [0.1, 0.15) is 5.75 Å². The molecule has 2 heterocycles. The van der Waals surface area contributed by atoms with Crippen molar-refractivity contribution < 1.29 is 14.3 Å². The zero-order valence-electron chi connectivity index (χ0n) is 15.0. The Labute approximate surface area is 158 Å². The van der Waals surface area contributed by atoms with Crippen LogP contribution in [-0.4, -0.2) is 37.0 Å². The standard InChI is InChI=1S/C21H23N3O3/c25-20(24-17-8-4-10-22-13-17)15-6-3-7-16(11-15)23-21(26)19-12-14-5-1-2-9-18(14)27-19/h1-3,5-7,9,11,17,19,22H,4,8,10,12-13H2,(H,23,26)(H,24,25)/t17-,19?/m0/s1. The second-order valence-electron chi connectivity index (χ2n) is 7.01. The van der Waals surface area contributed by atoms with Gasteiger partial charge in [0.05, 0.1) is 0 Å². The van der Waals surface area contributed by atoms with E-state index in [1.807, 2.05) is 24.3 Å². The van der Waals surface area contributed by atoms with E-state index in [9.17, 15) is 9.59 Å². The number of piperidine rings is 1. The lowest BCUT2D eigenvalue weighted by Crippen LogP contribution is -2.45. The van der Waals surface area contributed by atoms with E-state index in [1.165, 1.54) is 0 Å².